The third kappa shape index (κ3) is 6.69. The maximum Gasteiger partial charge on any atom is 0.243 e. The van der Waals surface area contributed by atoms with Crippen LogP contribution in [0.1, 0.15) is 82.6 Å². The Morgan fingerprint density at radius 1 is 0.944 bits per heavy atom. The highest BCUT2D eigenvalue weighted by Crippen LogP contribution is 2.35. The van der Waals surface area contributed by atoms with Gasteiger partial charge in [0.1, 0.15) is 6.04 Å². The quantitative estimate of drug-likeness (QED) is 0.546. The van der Waals surface area contributed by atoms with Gasteiger partial charge in [0.15, 0.2) is 0 Å². The molecule has 1 heterocycles. The fourth-order valence-electron chi connectivity index (χ4n) is 6.74. The van der Waals surface area contributed by atoms with Gasteiger partial charge in [-0.25, -0.2) is 0 Å². The summed E-state index contributed by atoms with van der Waals surface area (Å²) in [4.78, 5) is 31.4. The lowest BCUT2D eigenvalue weighted by Crippen LogP contribution is -2.50. The molecular weight excluding hydrogens is 448 g/mol. The van der Waals surface area contributed by atoms with Crippen LogP contribution in [0.2, 0.25) is 0 Å². The van der Waals surface area contributed by atoms with Gasteiger partial charge in [0, 0.05) is 43.7 Å². The van der Waals surface area contributed by atoms with Crippen molar-refractivity contribution < 1.29 is 9.59 Å². The first-order chi connectivity index (χ1) is 17.6. The van der Waals surface area contributed by atoms with Crippen molar-refractivity contribution in [3.63, 3.8) is 0 Å². The summed E-state index contributed by atoms with van der Waals surface area (Å²) in [6.07, 6.45) is 14.2. The first-order valence-corrected chi connectivity index (χ1v) is 14.7. The predicted molar refractivity (Wildman–Crippen MR) is 143 cm³/mol. The number of hydrogen-bond donors (Lipinski definition) is 2. The molecule has 3 saturated carbocycles. The van der Waals surface area contributed by atoms with E-state index in [4.69, 9.17) is 5.73 Å². The van der Waals surface area contributed by atoms with E-state index in [1.165, 1.54) is 37.7 Å². The number of rotatable bonds is 9. The third-order valence-corrected chi connectivity index (χ3v) is 9.17. The summed E-state index contributed by atoms with van der Waals surface area (Å²) in [6, 6.07) is 11.1. The molecule has 2 amide bonds. The molecule has 36 heavy (non-hydrogen) atoms. The summed E-state index contributed by atoms with van der Waals surface area (Å²) in [6.45, 7) is 2.79. The van der Waals surface area contributed by atoms with Crippen molar-refractivity contribution in [2.45, 2.75) is 108 Å². The highest BCUT2D eigenvalue weighted by Gasteiger charge is 2.46. The van der Waals surface area contributed by atoms with Gasteiger partial charge in [0.2, 0.25) is 11.8 Å². The Balaban J connectivity index is 1.28. The van der Waals surface area contributed by atoms with Gasteiger partial charge in [-0.3, -0.25) is 14.5 Å². The van der Waals surface area contributed by atoms with Gasteiger partial charge < -0.3 is 16.0 Å². The predicted octanol–water partition coefficient (Wildman–Crippen LogP) is 3.88. The number of nitrogens with one attached hydrogen (secondary N) is 1. The fraction of sp³-hybridized carbons (Fsp3) is 0.733. The largest absolute Gasteiger partial charge is 0.352 e. The van der Waals surface area contributed by atoms with Gasteiger partial charge in [-0.05, 0) is 75.7 Å². The maximum absolute atomic E-state index is 13.5. The van der Waals surface area contributed by atoms with Crippen LogP contribution in [0.25, 0.3) is 0 Å². The van der Waals surface area contributed by atoms with Crippen LogP contribution in [0.3, 0.4) is 0 Å². The van der Waals surface area contributed by atoms with Crippen molar-refractivity contribution in [3.8, 4) is 0 Å². The van der Waals surface area contributed by atoms with Crippen LogP contribution < -0.4 is 11.1 Å². The Kier molecular flexibility index (Phi) is 8.63. The smallest absolute Gasteiger partial charge is 0.243 e. The molecule has 6 nitrogen and oxygen atoms in total. The first-order valence-electron chi connectivity index (χ1n) is 14.7. The molecule has 1 aliphatic heterocycles. The van der Waals surface area contributed by atoms with Crippen LogP contribution in [-0.4, -0.2) is 65.4 Å². The zero-order valence-electron chi connectivity index (χ0n) is 22.0. The van der Waals surface area contributed by atoms with Crippen LogP contribution in [0, 0.1) is 11.8 Å². The summed E-state index contributed by atoms with van der Waals surface area (Å²) >= 11 is 0. The highest BCUT2D eigenvalue weighted by molar-refractivity contribution is 5.90. The van der Waals surface area contributed by atoms with Gasteiger partial charge in [-0.15, -0.1) is 0 Å². The van der Waals surface area contributed by atoms with E-state index in [-0.39, 0.29) is 41.9 Å². The minimum atomic E-state index is -0.329. The van der Waals surface area contributed by atoms with Crippen LogP contribution in [0.4, 0.5) is 0 Å². The monoisotopic (exact) mass is 494 g/mol. The Bertz CT molecular complexity index is 859. The molecule has 0 aromatic heterocycles. The van der Waals surface area contributed by atoms with E-state index in [0.29, 0.717) is 6.54 Å². The molecule has 6 heteroatoms. The average Bonchev–Trinajstić information content (AvgIpc) is 3.66. The van der Waals surface area contributed by atoms with Crippen LogP contribution in [0.5, 0.6) is 0 Å². The van der Waals surface area contributed by atoms with Gasteiger partial charge >= 0.3 is 0 Å². The molecular formula is C30H46N4O2. The molecule has 0 bridgehead atoms. The van der Waals surface area contributed by atoms with E-state index in [1.54, 1.807) is 0 Å². The number of amides is 2. The number of carbonyl (C=O) groups excluding carboxylic acids is 2. The summed E-state index contributed by atoms with van der Waals surface area (Å²) < 4.78 is 0. The molecule has 2 atom stereocenters. The van der Waals surface area contributed by atoms with Gasteiger partial charge in [0.05, 0.1) is 0 Å². The Morgan fingerprint density at radius 3 is 2.36 bits per heavy atom. The number of nitrogens with zero attached hydrogens (tertiary/aromatic N) is 2. The molecule has 0 radical (unpaired) electrons. The molecule has 1 aromatic rings. The van der Waals surface area contributed by atoms with E-state index >= 15 is 0 Å². The van der Waals surface area contributed by atoms with Crippen molar-refractivity contribution in [2.24, 2.45) is 17.6 Å². The lowest BCUT2D eigenvalue weighted by atomic mass is 9.88. The number of likely N-dealkylation sites (tertiary alicyclic amines) is 1. The summed E-state index contributed by atoms with van der Waals surface area (Å²) in [5.74, 6) is 1.15. The second-order valence-corrected chi connectivity index (χ2v) is 12.0. The van der Waals surface area contributed by atoms with Crippen molar-refractivity contribution in [1.82, 2.24) is 15.1 Å². The van der Waals surface area contributed by atoms with E-state index in [1.807, 2.05) is 4.90 Å². The fourth-order valence-corrected chi connectivity index (χ4v) is 6.74. The summed E-state index contributed by atoms with van der Waals surface area (Å²) in [7, 11) is 0. The van der Waals surface area contributed by atoms with Crippen molar-refractivity contribution in [3.05, 3.63) is 35.9 Å². The third-order valence-electron chi connectivity index (χ3n) is 9.17. The molecule has 3 aliphatic carbocycles. The normalized spacial score (nSPS) is 29.4. The molecule has 2 unspecified atom stereocenters. The lowest BCUT2D eigenvalue weighted by molar-refractivity contribution is -0.139. The van der Waals surface area contributed by atoms with E-state index in [9.17, 15) is 9.59 Å². The summed E-state index contributed by atoms with van der Waals surface area (Å²) in [5, 5.41) is 3.32. The van der Waals surface area contributed by atoms with E-state index in [2.05, 4.69) is 40.5 Å². The molecule has 198 valence electrons. The van der Waals surface area contributed by atoms with Crippen molar-refractivity contribution >= 4 is 11.8 Å². The first kappa shape index (κ1) is 25.7. The van der Waals surface area contributed by atoms with E-state index in [0.717, 1.165) is 70.4 Å². The number of hydrogen-bond acceptors (Lipinski definition) is 4. The minimum absolute atomic E-state index is 0.0626. The average molecular weight is 495 g/mol. The molecule has 3 N–H and O–H groups in total. The van der Waals surface area contributed by atoms with Gasteiger partial charge in [-0.2, -0.15) is 0 Å². The zero-order chi connectivity index (χ0) is 24.9. The molecule has 4 aliphatic rings. The van der Waals surface area contributed by atoms with Crippen LogP contribution >= 0.6 is 0 Å². The highest BCUT2D eigenvalue weighted by atomic mass is 16.2. The second kappa shape index (κ2) is 12.1. The van der Waals surface area contributed by atoms with Gasteiger partial charge in [0.25, 0.3) is 0 Å². The van der Waals surface area contributed by atoms with Crippen LogP contribution in [0.15, 0.2) is 30.3 Å². The standard InChI is InChI=1S/C30H46N4O2/c31-25-13-15-26(16-14-25)32-29(35)28-19-27(21-34(28)30(36)24-11-12-24)33(20-23-9-5-2-6-10-23)18-17-22-7-3-1-4-8-22/h1,3-4,7-8,23-28H,2,5-6,9-21,31H2,(H,32,35). The zero-order valence-corrected chi connectivity index (χ0v) is 22.0. The van der Waals surface area contributed by atoms with Crippen molar-refractivity contribution in [2.75, 3.05) is 19.6 Å². The van der Waals surface area contributed by atoms with Crippen molar-refractivity contribution in [1.29, 1.82) is 0 Å². The number of carbonyl (C=O) groups is 2. The van der Waals surface area contributed by atoms with E-state index < -0.39 is 0 Å². The second-order valence-electron chi connectivity index (χ2n) is 12.0. The molecule has 1 aromatic carbocycles. The SMILES string of the molecule is NC1CCC(NC(=O)C2CC(N(CCc3ccccc3)CC3CCCCC3)CN2C(=O)C2CC2)CC1. The topological polar surface area (TPSA) is 78.7 Å². The maximum atomic E-state index is 13.5. The Morgan fingerprint density at radius 2 is 1.67 bits per heavy atom. The van der Waals surface area contributed by atoms with Gasteiger partial charge in [-0.1, -0.05) is 49.6 Å². The minimum Gasteiger partial charge on any atom is -0.352 e. The van der Waals surface area contributed by atoms with Crippen LogP contribution in [-0.2, 0) is 16.0 Å². The molecule has 0 spiro atoms. The summed E-state index contributed by atoms with van der Waals surface area (Å²) in [5.41, 5.74) is 7.44. The molecule has 5 rings (SSSR count). The number of nitrogens with two attached hydrogens (primary N) is 1. The Labute approximate surface area is 217 Å². The lowest BCUT2D eigenvalue weighted by Gasteiger charge is -2.34. The molecule has 1 saturated heterocycles. The number of benzene rings is 1. The Hall–Kier alpha value is -1.92. The molecule has 4 fully saturated rings.